The van der Waals surface area contributed by atoms with E-state index in [1.54, 1.807) is 12.1 Å². The molecule has 18 heavy (non-hydrogen) atoms. The highest BCUT2D eigenvalue weighted by atomic mass is 35.5. The zero-order valence-electron chi connectivity index (χ0n) is 9.75. The minimum absolute atomic E-state index is 0.0778. The van der Waals surface area contributed by atoms with Crippen molar-refractivity contribution < 1.29 is 13.2 Å². The van der Waals surface area contributed by atoms with Crippen LogP contribution in [0.3, 0.4) is 0 Å². The van der Waals surface area contributed by atoms with Crippen molar-refractivity contribution in [1.82, 2.24) is 0 Å². The number of rotatable bonds is 6. The average Bonchev–Trinajstić information content (AvgIpc) is 2.24. The van der Waals surface area contributed by atoms with Crippen LogP contribution in [0.1, 0.15) is 12.0 Å². The van der Waals surface area contributed by atoms with Crippen molar-refractivity contribution in [2.75, 3.05) is 18.6 Å². The molecular formula is C11H13Cl3O3S. The van der Waals surface area contributed by atoms with Crippen LogP contribution < -0.4 is 4.74 Å². The molecule has 0 amide bonds. The fraction of sp³-hybridized carbons (Fsp3) is 0.455. The fourth-order valence-electron chi connectivity index (χ4n) is 1.37. The monoisotopic (exact) mass is 330 g/mol. The summed E-state index contributed by atoms with van der Waals surface area (Å²) in [5, 5.41) is 0.858. The molecule has 0 heterocycles. The van der Waals surface area contributed by atoms with Crippen molar-refractivity contribution in [3.8, 4) is 5.75 Å². The lowest BCUT2D eigenvalue weighted by atomic mass is 10.2. The van der Waals surface area contributed by atoms with Gasteiger partial charge in [-0.3, -0.25) is 0 Å². The van der Waals surface area contributed by atoms with Gasteiger partial charge in [-0.15, -0.1) is 11.6 Å². The third-order valence-electron chi connectivity index (χ3n) is 2.14. The van der Waals surface area contributed by atoms with Crippen LogP contribution in [0, 0.1) is 0 Å². The molecule has 7 heteroatoms. The van der Waals surface area contributed by atoms with Gasteiger partial charge in [0.05, 0.1) is 23.3 Å². The van der Waals surface area contributed by atoms with E-state index in [4.69, 9.17) is 39.5 Å². The van der Waals surface area contributed by atoms with Gasteiger partial charge in [-0.1, -0.05) is 23.2 Å². The Morgan fingerprint density at radius 2 is 1.94 bits per heavy atom. The maximum absolute atomic E-state index is 11.0. The highest BCUT2D eigenvalue weighted by Crippen LogP contribution is 2.33. The van der Waals surface area contributed by atoms with Crippen LogP contribution in [0.2, 0.25) is 10.0 Å². The molecule has 0 radical (unpaired) electrons. The van der Waals surface area contributed by atoms with Gasteiger partial charge in [-0.2, -0.15) is 0 Å². The van der Waals surface area contributed by atoms with Crippen LogP contribution in [0.5, 0.6) is 5.75 Å². The second-order valence-electron chi connectivity index (χ2n) is 3.84. The Labute approximate surface area is 122 Å². The molecule has 0 saturated heterocycles. The second-order valence-corrected chi connectivity index (χ2v) is 7.21. The summed E-state index contributed by atoms with van der Waals surface area (Å²) in [6.45, 7) is 0.262. The van der Waals surface area contributed by atoms with Gasteiger partial charge in [0.15, 0.2) is 0 Å². The van der Waals surface area contributed by atoms with Crippen LogP contribution in [0.15, 0.2) is 12.1 Å². The number of alkyl halides is 1. The van der Waals surface area contributed by atoms with Crippen LogP contribution in [-0.4, -0.2) is 27.0 Å². The highest BCUT2D eigenvalue weighted by molar-refractivity contribution is 7.90. The van der Waals surface area contributed by atoms with Gasteiger partial charge in [-0.25, -0.2) is 8.42 Å². The molecule has 102 valence electrons. The predicted molar refractivity (Wildman–Crippen MR) is 75.8 cm³/mol. The first-order valence-corrected chi connectivity index (χ1v) is 8.53. The number of ether oxygens (including phenoxy) is 1. The molecule has 0 N–H and O–H groups in total. The molecular weight excluding hydrogens is 319 g/mol. The van der Waals surface area contributed by atoms with Gasteiger partial charge >= 0.3 is 0 Å². The Morgan fingerprint density at radius 3 is 2.50 bits per heavy atom. The maximum atomic E-state index is 11.0. The van der Waals surface area contributed by atoms with E-state index in [0.29, 0.717) is 27.8 Å². The van der Waals surface area contributed by atoms with E-state index in [1.165, 1.54) is 6.26 Å². The third kappa shape index (κ3) is 5.22. The topological polar surface area (TPSA) is 43.4 Å². The van der Waals surface area contributed by atoms with Crippen LogP contribution in [0.25, 0.3) is 0 Å². The summed E-state index contributed by atoms with van der Waals surface area (Å²) in [6, 6.07) is 3.23. The lowest BCUT2D eigenvalue weighted by Crippen LogP contribution is -2.08. The fourth-order valence-corrected chi connectivity index (χ4v) is 2.80. The van der Waals surface area contributed by atoms with E-state index in [9.17, 15) is 8.42 Å². The quantitative estimate of drug-likeness (QED) is 0.591. The zero-order valence-corrected chi connectivity index (χ0v) is 12.8. The number of hydrogen-bond donors (Lipinski definition) is 0. The number of benzene rings is 1. The van der Waals surface area contributed by atoms with Gasteiger partial charge in [-0.05, 0) is 18.6 Å². The Kier molecular flexibility index (Phi) is 6.05. The molecule has 1 rings (SSSR count). The number of halogens is 3. The lowest BCUT2D eigenvalue weighted by Gasteiger charge is -2.12. The van der Waals surface area contributed by atoms with E-state index in [2.05, 4.69) is 0 Å². The number of sulfone groups is 1. The van der Waals surface area contributed by atoms with Gasteiger partial charge in [0.1, 0.15) is 15.6 Å². The van der Waals surface area contributed by atoms with Crippen molar-refractivity contribution in [2.45, 2.75) is 12.3 Å². The highest BCUT2D eigenvalue weighted by Gasteiger charge is 2.10. The minimum Gasteiger partial charge on any atom is -0.492 e. The lowest BCUT2D eigenvalue weighted by molar-refractivity contribution is 0.315. The Morgan fingerprint density at radius 1 is 1.28 bits per heavy atom. The molecule has 3 nitrogen and oxygen atoms in total. The van der Waals surface area contributed by atoms with E-state index < -0.39 is 9.84 Å². The van der Waals surface area contributed by atoms with Crippen molar-refractivity contribution in [3.05, 3.63) is 27.7 Å². The molecule has 0 bridgehead atoms. The minimum atomic E-state index is -2.97. The van der Waals surface area contributed by atoms with Gasteiger partial charge in [0.25, 0.3) is 0 Å². The summed E-state index contributed by atoms with van der Waals surface area (Å²) in [5.41, 5.74) is 0.688. The Bertz CT molecular complexity index is 515. The number of hydrogen-bond acceptors (Lipinski definition) is 3. The van der Waals surface area contributed by atoms with E-state index in [1.807, 2.05) is 0 Å². The third-order valence-corrected chi connectivity index (χ3v) is 3.95. The Hall–Kier alpha value is -0.160. The molecule has 0 fully saturated rings. The summed E-state index contributed by atoms with van der Waals surface area (Å²) in [5.74, 6) is 0.764. The molecule has 0 aliphatic heterocycles. The summed E-state index contributed by atoms with van der Waals surface area (Å²) >= 11 is 17.6. The normalized spacial score (nSPS) is 11.6. The molecule has 0 aliphatic carbocycles. The van der Waals surface area contributed by atoms with Gasteiger partial charge in [0.2, 0.25) is 0 Å². The van der Waals surface area contributed by atoms with Gasteiger partial charge < -0.3 is 4.74 Å². The van der Waals surface area contributed by atoms with Crippen molar-refractivity contribution in [3.63, 3.8) is 0 Å². The molecule has 0 spiro atoms. The zero-order chi connectivity index (χ0) is 13.8. The summed E-state index contributed by atoms with van der Waals surface area (Å²) in [7, 11) is -2.97. The average molecular weight is 332 g/mol. The Balaban J connectivity index is 2.67. The molecule has 0 aliphatic rings. The standard InChI is InChI=1S/C11H13Cl3O3S/c1-18(15,16)4-2-3-17-11-8(7-12)5-9(13)6-10(11)14/h5-6H,2-4,7H2,1H3. The molecule has 0 unspecified atom stereocenters. The second kappa shape index (κ2) is 6.85. The van der Waals surface area contributed by atoms with Crippen molar-refractivity contribution in [2.24, 2.45) is 0 Å². The van der Waals surface area contributed by atoms with E-state index in [0.717, 1.165) is 0 Å². The SMILES string of the molecule is CS(=O)(=O)CCCOc1c(Cl)cc(Cl)cc1CCl. The molecule has 0 saturated carbocycles. The maximum Gasteiger partial charge on any atom is 0.147 e. The largest absolute Gasteiger partial charge is 0.492 e. The molecule has 1 aromatic rings. The first kappa shape index (κ1) is 15.9. The smallest absolute Gasteiger partial charge is 0.147 e. The summed E-state index contributed by atoms with van der Waals surface area (Å²) in [6.07, 6.45) is 1.59. The van der Waals surface area contributed by atoms with E-state index in [-0.39, 0.29) is 18.2 Å². The predicted octanol–water partition coefficient (Wildman–Crippen LogP) is 3.55. The summed E-state index contributed by atoms with van der Waals surface area (Å²) in [4.78, 5) is 0. The molecule has 0 atom stereocenters. The van der Waals surface area contributed by atoms with E-state index >= 15 is 0 Å². The summed E-state index contributed by atoms with van der Waals surface area (Å²) < 4.78 is 27.4. The van der Waals surface area contributed by atoms with Crippen molar-refractivity contribution in [1.29, 1.82) is 0 Å². The van der Waals surface area contributed by atoms with Gasteiger partial charge in [0, 0.05) is 16.8 Å². The van der Waals surface area contributed by atoms with Crippen LogP contribution in [-0.2, 0) is 15.7 Å². The van der Waals surface area contributed by atoms with Crippen LogP contribution >= 0.6 is 34.8 Å². The molecule has 0 aromatic heterocycles. The first-order valence-electron chi connectivity index (χ1n) is 5.18. The van der Waals surface area contributed by atoms with Crippen molar-refractivity contribution >= 4 is 44.6 Å². The van der Waals surface area contributed by atoms with Crippen LogP contribution in [0.4, 0.5) is 0 Å². The molecule has 1 aromatic carbocycles. The first-order chi connectivity index (χ1) is 8.33.